The van der Waals surface area contributed by atoms with Gasteiger partial charge in [-0.25, -0.2) is 0 Å². The van der Waals surface area contributed by atoms with Gasteiger partial charge in [0.15, 0.2) is 0 Å². The Morgan fingerprint density at radius 2 is 0.889 bits per heavy atom. The number of hydrogen-bond donors (Lipinski definition) is 0. The summed E-state index contributed by atoms with van der Waals surface area (Å²) in [4.78, 5) is 0. The second kappa shape index (κ2) is 10.7. The molecule has 2 aromatic carbocycles. The molecule has 0 radical (unpaired) electrons. The first-order chi connectivity index (χ1) is 15.7. The largest absolute Gasteiger partial charge is 0.147 e. The molecule has 4 rings (SSSR count). The third-order valence-electron chi connectivity index (χ3n) is 7.86. The molecule has 0 aliphatic heterocycles. The maximum Gasteiger partial charge on any atom is -0.147 e. The quantitative estimate of drug-likeness (QED) is 0.278. The first-order valence-corrected chi connectivity index (χ1v) is 31.9. The molecule has 0 saturated carbocycles. The third kappa shape index (κ3) is 6.03. The van der Waals surface area contributed by atoms with Gasteiger partial charge in [-0.1, -0.05) is 0 Å². The summed E-state index contributed by atoms with van der Waals surface area (Å²) < 4.78 is 9.06. The Morgan fingerprint density at radius 3 is 1.17 bits per heavy atom. The minimum atomic E-state index is -3.64. The summed E-state index contributed by atoms with van der Waals surface area (Å²) in [5.74, 6) is 0. The van der Waals surface area contributed by atoms with Gasteiger partial charge in [-0.05, 0) is 0 Å². The van der Waals surface area contributed by atoms with Crippen molar-refractivity contribution in [2.75, 3.05) is 0 Å². The van der Waals surface area contributed by atoms with Crippen molar-refractivity contribution < 1.29 is 17.1 Å². The van der Waals surface area contributed by atoms with Crippen LogP contribution in [-0.4, -0.2) is 6.94 Å². The minimum Gasteiger partial charge on any atom is -0.147 e. The molecule has 194 valence electrons. The molecule has 2 aromatic rings. The number of allylic oxidation sites excluding steroid dienone is 8. The van der Waals surface area contributed by atoms with Gasteiger partial charge in [-0.2, -0.15) is 0 Å². The van der Waals surface area contributed by atoms with Gasteiger partial charge in [0.2, 0.25) is 0 Å². The Labute approximate surface area is 234 Å². The van der Waals surface area contributed by atoms with Crippen LogP contribution in [0.4, 0.5) is 0 Å². The van der Waals surface area contributed by atoms with Crippen LogP contribution in [0.3, 0.4) is 0 Å². The van der Waals surface area contributed by atoms with Gasteiger partial charge in [0.1, 0.15) is 0 Å². The second-order valence-electron chi connectivity index (χ2n) is 13.4. The standard InChI is InChI=1S/2C15H17.2CH3.2ClH.Hf.H2Si/c2*1-15(2,3)14-10-9-13(11-14)12-7-5-4-6-8-12;;;;;;/h2*4-8,11H,9H2,1-3H3;2*1H3;2*1H;;1H2. The van der Waals surface area contributed by atoms with Crippen molar-refractivity contribution >= 4 is 42.9 Å². The fraction of sp³-hybridized carbons (Fsp3) is 0.375. The van der Waals surface area contributed by atoms with Crippen LogP contribution in [0.15, 0.2) is 90.6 Å². The molecule has 0 spiro atoms. The average molecular weight is 706 g/mol. The normalized spacial score (nSPS) is 16.9. The molecular formula is C32H44Cl2HfSi. The van der Waals surface area contributed by atoms with Crippen LogP contribution in [-0.2, 0) is 17.1 Å². The van der Waals surface area contributed by atoms with E-state index in [4.69, 9.17) is 0 Å². The van der Waals surface area contributed by atoms with Crippen molar-refractivity contribution in [2.24, 2.45) is 10.8 Å². The summed E-state index contributed by atoms with van der Waals surface area (Å²) in [6.45, 7) is 16.9. The average Bonchev–Trinajstić information content (AvgIpc) is 3.41. The number of halogens is 2. The fourth-order valence-corrected chi connectivity index (χ4v) is 27.2. The van der Waals surface area contributed by atoms with Gasteiger partial charge in [0, 0.05) is 0 Å². The molecule has 0 bridgehead atoms. The fourth-order valence-electron chi connectivity index (χ4n) is 5.82. The monoisotopic (exact) mass is 706 g/mol. The zero-order chi connectivity index (χ0) is 25.0. The predicted molar refractivity (Wildman–Crippen MR) is 166 cm³/mol. The van der Waals surface area contributed by atoms with E-state index in [2.05, 4.69) is 131 Å². The van der Waals surface area contributed by atoms with Crippen molar-refractivity contribution in [1.82, 2.24) is 0 Å². The van der Waals surface area contributed by atoms with Crippen LogP contribution in [0.1, 0.15) is 65.5 Å². The van der Waals surface area contributed by atoms with Crippen LogP contribution >= 0.6 is 24.8 Å². The summed E-state index contributed by atoms with van der Waals surface area (Å²) in [6, 6.07) is 22.1. The smallest absolute Gasteiger partial charge is 0.147 e. The number of benzene rings is 2. The Morgan fingerprint density at radius 1 is 0.583 bits per heavy atom. The van der Waals surface area contributed by atoms with Gasteiger partial charge in [-0.3, -0.25) is 0 Å². The Kier molecular flexibility index (Phi) is 9.28. The summed E-state index contributed by atoms with van der Waals surface area (Å²) in [6.07, 6.45) is 7.34. The van der Waals surface area contributed by atoms with Gasteiger partial charge >= 0.3 is 212 Å². The van der Waals surface area contributed by atoms with E-state index in [1.807, 2.05) is 0 Å². The van der Waals surface area contributed by atoms with E-state index in [1.54, 1.807) is 17.8 Å². The van der Waals surface area contributed by atoms with E-state index >= 15 is 0 Å². The van der Waals surface area contributed by atoms with Gasteiger partial charge in [0.25, 0.3) is 0 Å². The van der Waals surface area contributed by atoms with Crippen LogP contribution in [0, 0.1) is 10.8 Å². The molecule has 0 atom stereocenters. The SMILES string of the molecule is CC(C)(C)C1=[C]([Hf]([CH3])([CH3])(=[SiH2])[C]2=C(C(C)(C)C)C=C(c3ccccc3)C2)CC(c2ccccc2)=C1.Cl.Cl. The van der Waals surface area contributed by atoms with E-state index in [1.165, 1.54) is 22.3 Å². The molecule has 0 saturated heterocycles. The third-order valence-corrected chi connectivity index (χ3v) is 32.0. The van der Waals surface area contributed by atoms with Crippen molar-refractivity contribution in [3.8, 4) is 0 Å². The van der Waals surface area contributed by atoms with Crippen molar-refractivity contribution in [2.45, 2.75) is 63.7 Å². The van der Waals surface area contributed by atoms with E-state index in [0.29, 0.717) is 0 Å². The number of rotatable bonds is 4. The molecule has 2 aliphatic rings. The Balaban J connectivity index is 0.00000228. The van der Waals surface area contributed by atoms with Crippen molar-refractivity contribution in [3.63, 3.8) is 0 Å². The Hall–Kier alpha value is -0.933. The minimum absolute atomic E-state index is 0. The molecule has 36 heavy (non-hydrogen) atoms. The molecule has 0 heterocycles. The first kappa shape index (κ1) is 31.3. The van der Waals surface area contributed by atoms with Gasteiger partial charge in [-0.15, -0.1) is 24.8 Å². The topological polar surface area (TPSA) is 0 Å². The molecule has 0 fully saturated rings. The maximum atomic E-state index is 2.72. The molecule has 4 heteroatoms. The van der Waals surface area contributed by atoms with E-state index in [-0.39, 0.29) is 35.6 Å². The van der Waals surface area contributed by atoms with E-state index < -0.39 is 17.1 Å². The summed E-state index contributed by atoms with van der Waals surface area (Å²) in [7, 11) is 0. The van der Waals surface area contributed by atoms with Crippen LogP contribution in [0.5, 0.6) is 0 Å². The molecular weight excluding hydrogens is 662 g/mol. The molecule has 0 nitrogen and oxygen atoms in total. The second-order valence-corrected chi connectivity index (χ2v) is 54.4. The zero-order valence-corrected chi connectivity index (χ0v) is 30.0. The molecule has 0 unspecified atom stereocenters. The van der Waals surface area contributed by atoms with Crippen LogP contribution in [0.2, 0.25) is 9.36 Å². The maximum absolute atomic E-state index is 3.64. The predicted octanol–water partition coefficient (Wildman–Crippen LogP) is 9.74. The summed E-state index contributed by atoms with van der Waals surface area (Å²) in [5.41, 5.74) is 9.28. The Bertz CT molecular complexity index is 1210. The van der Waals surface area contributed by atoms with Crippen molar-refractivity contribution in [3.05, 3.63) is 102 Å². The van der Waals surface area contributed by atoms with Crippen LogP contribution in [0.25, 0.3) is 11.1 Å². The first-order valence-electron chi connectivity index (χ1n) is 12.7. The molecule has 0 N–H and O–H groups in total. The molecule has 0 aromatic heterocycles. The van der Waals surface area contributed by atoms with Gasteiger partial charge in [0.05, 0.1) is 0 Å². The van der Waals surface area contributed by atoms with Crippen LogP contribution < -0.4 is 0 Å². The summed E-state index contributed by atoms with van der Waals surface area (Å²) >= 11 is -3.64. The van der Waals surface area contributed by atoms with E-state index in [0.717, 1.165) is 12.8 Å². The molecule has 0 amide bonds. The zero-order valence-electron chi connectivity index (χ0n) is 23.4. The number of hydrogen-bond acceptors (Lipinski definition) is 0. The van der Waals surface area contributed by atoms with Gasteiger partial charge < -0.3 is 0 Å². The van der Waals surface area contributed by atoms with E-state index in [9.17, 15) is 0 Å². The summed E-state index contributed by atoms with van der Waals surface area (Å²) in [5, 5.41) is 0. The molecule has 2 aliphatic carbocycles. The van der Waals surface area contributed by atoms with Crippen molar-refractivity contribution in [1.29, 1.82) is 0 Å².